The van der Waals surface area contributed by atoms with Gasteiger partial charge < -0.3 is 15.1 Å². The van der Waals surface area contributed by atoms with Gasteiger partial charge in [0, 0.05) is 38.4 Å². The summed E-state index contributed by atoms with van der Waals surface area (Å²) in [6.45, 7) is 9.12. The van der Waals surface area contributed by atoms with Gasteiger partial charge in [-0.1, -0.05) is 31.9 Å². The van der Waals surface area contributed by atoms with Crippen molar-refractivity contribution in [3.05, 3.63) is 36.0 Å². The molecule has 3 rings (SSSR count). The van der Waals surface area contributed by atoms with E-state index in [4.69, 9.17) is 0 Å². The van der Waals surface area contributed by atoms with E-state index in [1.165, 1.54) is 24.1 Å². The lowest BCUT2D eigenvalue weighted by Gasteiger charge is -2.36. The molecule has 0 amide bonds. The highest BCUT2D eigenvalue weighted by Crippen LogP contribution is 2.20. The van der Waals surface area contributed by atoms with Crippen molar-refractivity contribution in [1.82, 2.24) is 15.2 Å². The Morgan fingerprint density at radius 1 is 1.08 bits per heavy atom. The lowest BCUT2D eigenvalue weighted by molar-refractivity contribution is 0.644. The molecule has 0 atom stereocenters. The summed E-state index contributed by atoms with van der Waals surface area (Å²) in [6.07, 6.45) is 5.34. The van der Waals surface area contributed by atoms with E-state index >= 15 is 0 Å². The molecule has 6 heteroatoms. The molecule has 1 aliphatic rings. The molecule has 1 saturated heterocycles. The number of anilines is 3. The predicted octanol–water partition coefficient (Wildman–Crippen LogP) is 3.11. The molecule has 1 aromatic heterocycles. The maximum atomic E-state index is 4.63. The summed E-state index contributed by atoms with van der Waals surface area (Å²) in [6, 6.07) is 8.71. The van der Waals surface area contributed by atoms with Crippen molar-refractivity contribution in [2.24, 2.45) is 0 Å². The Balaban J connectivity index is 1.55. The average Bonchev–Trinajstić information content (AvgIpc) is 2.66. The highest BCUT2D eigenvalue weighted by molar-refractivity contribution is 5.51. The van der Waals surface area contributed by atoms with E-state index in [9.17, 15) is 0 Å². The van der Waals surface area contributed by atoms with E-state index in [1.807, 2.05) is 0 Å². The molecule has 0 radical (unpaired) electrons. The van der Waals surface area contributed by atoms with Gasteiger partial charge in [0.2, 0.25) is 5.95 Å². The topological polar surface area (TPSA) is 57.2 Å². The first kappa shape index (κ1) is 17.5. The summed E-state index contributed by atoms with van der Waals surface area (Å²) in [5, 5.41) is 11.5. The fourth-order valence-corrected chi connectivity index (χ4v) is 3.12. The zero-order valence-corrected chi connectivity index (χ0v) is 15.3. The molecule has 1 fully saturated rings. The number of piperazine rings is 1. The van der Waals surface area contributed by atoms with E-state index in [2.05, 4.69) is 68.4 Å². The van der Waals surface area contributed by atoms with Crippen molar-refractivity contribution in [3.63, 3.8) is 0 Å². The third kappa shape index (κ3) is 4.81. The Hall–Kier alpha value is -2.37. The van der Waals surface area contributed by atoms with E-state index in [-0.39, 0.29) is 0 Å². The molecule has 0 bridgehead atoms. The number of rotatable bonds is 7. The highest BCUT2D eigenvalue weighted by Gasteiger charge is 2.19. The second kappa shape index (κ2) is 8.65. The first-order valence-corrected chi connectivity index (χ1v) is 9.26. The maximum absolute atomic E-state index is 4.63. The average molecular weight is 340 g/mol. The number of nitrogens with one attached hydrogen (secondary N) is 1. The SMILES string of the molecule is CCCCCNc1nncc(N2CCN(c3cccc(C)c3)CC2)n1. The smallest absolute Gasteiger partial charge is 0.244 e. The molecule has 0 unspecified atom stereocenters. The number of nitrogens with zero attached hydrogens (tertiary/aromatic N) is 5. The number of hydrogen-bond donors (Lipinski definition) is 1. The van der Waals surface area contributed by atoms with Crippen LogP contribution in [0.4, 0.5) is 17.5 Å². The molecule has 0 saturated carbocycles. The highest BCUT2D eigenvalue weighted by atomic mass is 15.3. The second-order valence-electron chi connectivity index (χ2n) is 6.59. The fraction of sp³-hybridized carbons (Fsp3) is 0.526. The second-order valence-corrected chi connectivity index (χ2v) is 6.59. The van der Waals surface area contributed by atoms with Crippen LogP contribution in [0.15, 0.2) is 30.5 Å². The van der Waals surface area contributed by atoms with Crippen molar-refractivity contribution < 1.29 is 0 Å². The van der Waals surface area contributed by atoms with Crippen molar-refractivity contribution in [2.45, 2.75) is 33.1 Å². The van der Waals surface area contributed by atoms with Gasteiger partial charge in [-0.2, -0.15) is 10.1 Å². The Kier molecular flexibility index (Phi) is 6.04. The van der Waals surface area contributed by atoms with E-state index < -0.39 is 0 Å². The Morgan fingerprint density at radius 3 is 2.64 bits per heavy atom. The number of benzene rings is 1. The largest absolute Gasteiger partial charge is 0.368 e. The van der Waals surface area contributed by atoms with Crippen LogP contribution in [0.2, 0.25) is 0 Å². The van der Waals surface area contributed by atoms with Crippen LogP contribution >= 0.6 is 0 Å². The summed E-state index contributed by atoms with van der Waals surface area (Å²) in [4.78, 5) is 9.35. The zero-order chi connectivity index (χ0) is 17.5. The quantitative estimate of drug-likeness (QED) is 0.782. The molecular formula is C19H28N6. The molecule has 0 spiro atoms. The maximum Gasteiger partial charge on any atom is 0.244 e. The summed E-state index contributed by atoms with van der Waals surface area (Å²) >= 11 is 0. The van der Waals surface area contributed by atoms with Crippen LogP contribution in [0.5, 0.6) is 0 Å². The van der Waals surface area contributed by atoms with E-state index in [1.54, 1.807) is 6.20 Å². The van der Waals surface area contributed by atoms with Crippen molar-refractivity contribution in [3.8, 4) is 0 Å². The summed E-state index contributed by atoms with van der Waals surface area (Å²) in [7, 11) is 0. The van der Waals surface area contributed by atoms with Crippen LogP contribution in [-0.2, 0) is 0 Å². The number of unbranched alkanes of at least 4 members (excludes halogenated alkanes) is 2. The molecule has 0 aliphatic carbocycles. The normalized spacial score (nSPS) is 14.6. The minimum atomic E-state index is 0.634. The van der Waals surface area contributed by atoms with Gasteiger partial charge in [0.05, 0.1) is 6.20 Å². The lowest BCUT2D eigenvalue weighted by atomic mass is 10.2. The molecular weight excluding hydrogens is 312 g/mol. The molecule has 1 aromatic carbocycles. The minimum Gasteiger partial charge on any atom is -0.368 e. The Morgan fingerprint density at radius 2 is 1.88 bits per heavy atom. The van der Waals surface area contributed by atoms with Gasteiger partial charge in [-0.15, -0.1) is 5.10 Å². The summed E-state index contributed by atoms with van der Waals surface area (Å²) in [5.41, 5.74) is 2.61. The Labute approximate surface area is 150 Å². The predicted molar refractivity (Wildman–Crippen MR) is 103 cm³/mol. The molecule has 25 heavy (non-hydrogen) atoms. The van der Waals surface area contributed by atoms with Crippen molar-refractivity contribution in [1.29, 1.82) is 0 Å². The van der Waals surface area contributed by atoms with Gasteiger partial charge in [-0.3, -0.25) is 0 Å². The number of aryl methyl sites for hydroxylation is 1. The third-order valence-corrected chi connectivity index (χ3v) is 4.58. The lowest BCUT2D eigenvalue weighted by Crippen LogP contribution is -2.47. The molecule has 134 valence electrons. The van der Waals surface area contributed by atoms with Gasteiger partial charge in [0.1, 0.15) is 0 Å². The van der Waals surface area contributed by atoms with Crippen LogP contribution in [0.3, 0.4) is 0 Å². The first-order valence-electron chi connectivity index (χ1n) is 9.26. The van der Waals surface area contributed by atoms with Gasteiger partial charge in [0.15, 0.2) is 5.82 Å². The van der Waals surface area contributed by atoms with Crippen molar-refractivity contribution >= 4 is 17.5 Å². The summed E-state index contributed by atoms with van der Waals surface area (Å²) < 4.78 is 0. The molecule has 2 heterocycles. The van der Waals surface area contributed by atoms with Gasteiger partial charge in [0.25, 0.3) is 0 Å². The van der Waals surface area contributed by atoms with Crippen LogP contribution in [-0.4, -0.2) is 47.9 Å². The van der Waals surface area contributed by atoms with E-state index in [0.29, 0.717) is 5.95 Å². The zero-order valence-electron chi connectivity index (χ0n) is 15.3. The summed E-state index contributed by atoms with van der Waals surface area (Å²) in [5.74, 6) is 1.55. The fourth-order valence-electron chi connectivity index (χ4n) is 3.12. The third-order valence-electron chi connectivity index (χ3n) is 4.58. The van der Waals surface area contributed by atoms with Crippen molar-refractivity contribution in [2.75, 3.05) is 47.8 Å². The standard InChI is InChI=1S/C19H28N6/c1-3-4-5-9-20-19-22-18(15-21-23-19)25-12-10-24(11-13-25)17-8-6-7-16(2)14-17/h6-8,14-15H,3-5,9-13H2,1-2H3,(H,20,22,23). The molecule has 1 N–H and O–H groups in total. The van der Waals surface area contributed by atoms with Crippen LogP contribution in [0, 0.1) is 6.92 Å². The number of hydrogen-bond acceptors (Lipinski definition) is 6. The monoisotopic (exact) mass is 340 g/mol. The Bertz CT molecular complexity index is 666. The van der Waals surface area contributed by atoms with Crippen LogP contribution in [0.1, 0.15) is 31.7 Å². The van der Waals surface area contributed by atoms with Gasteiger partial charge >= 0.3 is 0 Å². The van der Waals surface area contributed by atoms with E-state index in [0.717, 1.165) is 45.0 Å². The molecule has 1 aliphatic heterocycles. The van der Waals surface area contributed by atoms with Crippen LogP contribution < -0.4 is 15.1 Å². The van der Waals surface area contributed by atoms with Gasteiger partial charge in [-0.25, -0.2) is 0 Å². The van der Waals surface area contributed by atoms with Crippen LogP contribution in [0.25, 0.3) is 0 Å². The minimum absolute atomic E-state index is 0.634. The molecule has 2 aromatic rings. The molecule has 6 nitrogen and oxygen atoms in total. The first-order chi connectivity index (χ1) is 12.3. The van der Waals surface area contributed by atoms with Gasteiger partial charge in [-0.05, 0) is 31.0 Å². The number of aromatic nitrogens is 3.